The summed E-state index contributed by atoms with van der Waals surface area (Å²) in [6, 6.07) is 14.3. The molecule has 2 amide bonds. The minimum absolute atomic E-state index is 0.00116. The van der Waals surface area contributed by atoms with Crippen molar-refractivity contribution in [1.29, 1.82) is 0 Å². The van der Waals surface area contributed by atoms with Gasteiger partial charge in [-0.25, -0.2) is 9.59 Å². The zero-order chi connectivity index (χ0) is 42.7. The fraction of sp³-hybridized carbons (Fsp3) is 0.596. The van der Waals surface area contributed by atoms with Gasteiger partial charge in [0.15, 0.2) is 0 Å². The Morgan fingerprint density at radius 3 is 2.52 bits per heavy atom. The number of unbranched alkanes of at least 4 members (excludes halogenated alkanes) is 2. The van der Waals surface area contributed by atoms with E-state index in [1.165, 1.54) is 0 Å². The van der Waals surface area contributed by atoms with Gasteiger partial charge in [0.05, 0.1) is 31.5 Å². The topological polar surface area (TPSA) is 158 Å². The van der Waals surface area contributed by atoms with Crippen LogP contribution in [0.25, 0.3) is 0 Å². The molecule has 2 aromatic carbocycles. The highest BCUT2D eigenvalue weighted by Gasteiger charge is 2.65. The van der Waals surface area contributed by atoms with Crippen molar-refractivity contribution < 1.29 is 48.3 Å². The van der Waals surface area contributed by atoms with E-state index in [1.54, 1.807) is 24.1 Å². The summed E-state index contributed by atoms with van der Waals surface area (Å²) in [5.41, 5.74) is 3.08. The van der Waals surface area contributed by atoms with Crippen LogP contribution in [0.5, 0.6) is 11.5 Å². The Morgan fingerprint density at radius 1 is 1.05 bits per heavy atom. The average molecular weight is 832 g/mol. The van der Waals surface area contributed by atoms with Crippen molar-refractivity contribution >= 4 is 17.9 Å². The van der Waals surface area contributed by atoms with Crippen molar-refractivity contribution in [2.75, 3.05) is 40.1 Å². The molecule has 0 radical (unpaired) electrons. The number of benzene rings is 2. The normalized spacial score (nSPS) is 26.4. The number of likely N-dealkylation sites (N-methyl/N-ethyl adjacent to an activating group) is 1. The van der Waals surface area contributed by atoms with E-state index in [-0.39, 0.29) is 56.0 Å². The average Bonchev–Trinajstić information content (AvgIpc) is 3.24. The number of oxime groups is 1. The highest BCUT2D eigenvalue weighted by atomic mass is 16.8. The second-order valence-electron chi connectivity index (χ2n) is 17.6. The number of nitrogens with zero attached hydrogens (tertiary/aromatic N) is 2. The fourth-order valence-corrected chi connectivity index (χ4v) is 9.13. The molecule has 0 spiro atoms. The van der Waals surface area contributed by atoms with Gasteiger partial charge in [0.25, 0.3) is 0 Å². The first-order valence-electron chi connectivity index (χ1n) is 21.7. The van der Waals surface area contributed by atoms with Crippen molar-refractivity contribution in [3.63, 3.8) is 0 Å². The van der Waals surface area contributed by atoms with Gasteiger partial charge in [-0.15, -0.1) is 6.58 Å². The highest BCUT2D eigenvalue weighted by molar-refractivity contribution is 6.03. The van der Waals surface area contributed by atoms with Crippen LogP contribution in [0.15, 0.2) is 78.0 Å². The van der Waals surface area contributed by atoms with Gasteiger partial charge in [-0.3, -0.25) is 0 Å². The van der Waals surface area contributed by atoms with Crippen molar-refractivity contribution in [2.24, 2.45) is 28.3 Å². The van der Waals surface area contributed by atoms with Crippen molar-refractivity contribution in [3.05, 3.63) is 84.0 Å². The van der Waals surface area contributed by atoms with Gasteiger partial charge < -0.3 is 49.0 Å². The van der Waals surface area contributed by atoms with Crippen LogP contribution >= 0.6 is 0 Å². The smallest absolute Gasteiger partial charge is 0.412 e. The summed E-state index contributed by atoms with van der Waals surface area (Å²) < 4.78 is 31.9. The Morgan fingerprint density at radius 2 is 1.82 bits per heavy atom. The maximum absolute atomic E-state index is 14.1. The van der Waals surface area contributed by atoms with E-state index >= 15 is 0 Å². The van der Waals surface area contributed by atoms with E-state index in [0.717, 1.165) is 55.2 Å². The van der Waals surface area contributed by atoms with Gasteiger partial charge >= 0.3 is 12.2 Å². The van der Waals surface area contributed by atoms with Crippen LogP contribution in [0.4, 0.5) is 9.59 Å². The molecule has 2 aromatic rings. The number of nitrogens with one attached hydrogen (secondary N) is 1. The lowest BCUT2D eigenvalue weighted by atomic mass is 9.55. The number of aliphatic hydroxyl groups is 2. The van der Waals surface area contributed by atoms with Crippen LogP contribution < -0.4 is 14.8 Å². The van der Waals surface area contributed by atoms with Crippen LogP contribution in [0.1, 0.15) is 102 Å². The summed E-state index contributed by atoms with van der Waals surface area (Å²) >= 11 is 0. The Labute approximate surface area is 355 Å². The Bertz CT molecular complexity index is 1810. The predicted molar refractivity (Wildman–Crippen MR) is 228 cm³/mol. The van der Waals surface area contributed by atoms with E-state index in [2.05, 4.69) is 18.0 Å². The minimum atomic E-state index is -1.44. The molecule has 60 heavy (non-hydrogen) atoms. The fourth-order valence-electron chi connectivity index (χ4n) is 9.13. The van der Waals surface area contributed by atoms with E-state index < -0.39 is 36.2 Å². The molecule has 0 aromatic heterocycles. The molecule has 2 heterocycles. The first-order valence-corrected chi connectivity index (χ1v) is 21.7. The van der Waals surface area contributed by atoms with Crippen LogP contribution in [0.3, 0.4) is 0 Å². The number of hydrogen-bond acceptors (Lipinski definition) is 11. The standard InChI is InChI=1S/C47H65N3O10/c1-6-25-57-47-40(50(5)45(54)56-31-46(2,3)4)29-38(49-60-41-20-12-15-26-55-41)36-27-33(18-10-13-23-51)35(19-11-14-24-52)42(43(36)47)37-28-34(21-22-39(37)59-47)58-44(53)48-30-32-16-8-7-9-17-32/h6-9,16-17,21-22,27-28,33,35,40-43,51-52H,1,10-15,18-20,23-26,29-31H2,2-5H3,(H,48,53). The van der Waals surface area contributed by atoms with Crippen molar-refractivity contribution in [2.45, 2.75) is 116 Å². The molecule has 2 aliphatic heterocycles. The summed E-state index contributed by atoms with van der Waals surface area (Å²) in [6.07, 6.45) is 9.66. The van der Waals surface area contributed by atoms with Crippen molar-refractivity contribution in [1.82, 2.24) is 10.2 Å². The number of carbonyl (C=O) groups excluding carboxylic acids is 2. The van der Waals surface area contributed by atoms with Crippen LogP contribution in [-0.4, -0.2) is 91.2 Å². The molecule has 7 atom stereocenters. The third-order valence-electron chi connectivity index (χ3n) is 11.9. The number of amides is 2. The lowest BCUT2D eigenvalue weighted by molar-refractivity contribution is -0.254. The number of hydrogen-bond donors (Lipinski definition) is 3. The zero-order valence-corrected chi connectivity index (χ0v) is 35.8. The van der Waals surface area contributed by atoms with Gasteiger partial charge in [-0.1, -0.05) is 81.3 Å². The van der Waals surface area contributed by atoms with E-state index in [4.69, 9.17) is 33.7 Å². The number of allylic oxidation sites excluding steroid dienone is 1. The van der Waals surface area contributed by atoms with Crippen molar-refractivity contribution in [3.8, 4) is 11.5 Å². The maximum Gasteiger partial charge on any atom is 0.412 e. The third kappa shape index (κ3) is 10.9. The van der Waals surface area contributed by atoms with Gasteiger partial charge in [0, 0.05) is 51.1 Å². The molecule has 0 bridgehead atoms. The number of fused-ring (bicyclic) bond motifs is 2. The lowest BCUT2D eigenvalue weighted by Gasteiger charge is -2.59. The lowest BCUT2D eigenvalue weighted by Crippen LogP contribution is -2.69. The van der Waals surface area contributed by atoms with Crippen LogP contribution in [-0.2, 0) is 25.6 Å². The number of aliphatic hydroxyl groups excluding tert-OH is 2. The Hall–Kier alpha value is -4.43. The first-order chi connectivity index (χ1) is 29.0. The SMILES string of the molecule is C=CCOC12Oc3ccc(OC(=O)NCc4ccccc4)cc3C3C(CCCCO)C(CCCCO)C=C(C(=NOC4CCCCO4)CC1N(C)C(=O)OCC(C)(C)C)C32. The molecule has 1 saturated heterocycles. The second kappa shape index (κ2) is 20.9. The summed E-state index contributed by atoms with van der Waals surface area (Å²) in [5, 5.41) is 27.5. The Kier molecular flexibility index (Phi) is 15.7. The minimum Gasteiger partial charge on any atom is -0.459 e. The van der Waals surface area contributed by atoms with Gasteiger partial charge in [-0.05, 0) is 85.1 Å². The van der Waals surface area contributed by atoms with E-state index in [0.29, 0.717) is 49.6 Å². The van der Waals surface area contributed by atoms with E-state index in [9.17, 15) is 19.8 Å². The third-order valence-corrected chi connectivity index (χ3v) is 11.9. The zero-order valence-electron chi connectivity index (χ0n) is 35.8. The molecule has 3 N–H and O–H groups in total. The van der Waals surface area contributed by atoms with Gasteiger partial charge in [-0.2, -0.15) is 0 Å². The molecule has 2 fully saturated rings. The second-order valence-corrected chi connectivity index (χ2v) is 17.6. The summed E-state index contributed by atoms with van der Waals surface area (Å²) in [7, 11) is 1.71. The monoisotopic (exact) mass is 831 g/mol. The Balaban J connectivity index is 1.49. The molecule has 328 valence electrons. The van der Waals surface area contributed by atoms with E-state index in [1.807, 2.05) is 63.2 Å². The van der Waals surface area contributed by atoms with Crippen LogP contribution in [0.2, 0.25) is 0 Å². The number of carbonyl (C=O) groups is 2. The summed E-state index contributed by atoms with van der Waals surface area (Å²) in [6.45, 7) is 11.4. The molecule has 13 nitrogen and oxygen atoms in total. The maximum atomic E-state index is 14.1. The highest BCUT2D eigenvalue weighted by Crippen LogP contribution is 2.62. The van der Waals surface area contributed by atoms with Crippen LogP contribution in [0, 0.1) is 23.2 Å². The quantitative estimate of drug-likeness (QED) is 0.0759. The van der Waals surface area contributed by atoms with Gasteiger partial charge in [0.2, 0.25) is 12.1 Å². The molecular weight excluding hydrogens is 767 g/mol. The molecule has 2 aliphatic carbocycles. The molecule has 6 rings (SSSR count). The first kappa shape index (κ1) is 45.1. The molecule has 13 heteroatoms. The number of rotatable bonds is 18. The van der Waals surface area contributed by atoms with Gasteiger partial charge in [0.1, 0.15) is 17.5 Å². The largest absolute Gasteiger partial charge is 0.459 e. The molecule has 1 saturated carbocycles. The predicted octanol–water partition coefficient (Wildman–Crippen LogP) is 8.25. The molecular formula is C47H65N3O10. The molecule has 7 unspecified atom stereocenters. The number of ether oxygens (including phenoxy) is 5. The molecule has 4 aliphatic rings. The summed E-state index contributed by atoms with van der Waals surface area (Å²) in [5.74, 6) is -1.30. The summed E-state index contributed by atoms with van der Waals surface area (Å²) in [4.78, 5) is 35.0.